The first-order chi connectivity index (χ1) is 16.1. The fourth-order valence-corrected chi connectivity index (χ4v) is 7.92. The van der Waals surface area contributed by atoms with Crippen molar-refractivity contribution in [3.8, 4) is 0 Å². The number of benzene rings is 2. The molecule has 1 saturated heterocycles. The smallest absolute Gasteiger partial charge is 0.255 e. The maximum Gasteiger partial charge on any atom is 0.255 e. The number of carbonyl (C=O) groups is 1. The third kappa shape index (κ3) is 3.81. The highest BCUT2D eigenvalue weighted by Crippen LogP contribution is 2.56. The largest absolute Gasteiger partial charge is 0.370 e. The molecule has 178 valence electrons. The van der Waals surface area contributed by atoms with Crippen LogP contribution in [0.15, 0.2) is 40.3 Å². The number of amides is 1. The van der Waals surface area contributed by atoms with Crippen LogP contribution < -0.4 is 5.32 Å². The predicted octanol–water partition coefficient (Wildman–Crippen LogP) is 5.03. The van der Waals surface area contributed by atoms with Crippen LogP contribution in [-0.4, -0.2) is 31.8 Å². The number of nitrogens with zero attached hydrogens (tertiary/aromatic N) is 3. The van der Waals surface area contributed by atoms with Gasteiger partial charge in [0, 0.05) is 28.3 Å². The lowest BCUT2D eigenvalue weighted by Crippen LogP contribution is -2.40. The molecular formula is C22H19F3N4O4S. The molecule has 8 nitrogen and oxygen atoms in total. The number of hydrogen-bond acceptors (Lipinski definition) is 5. The molecule has 2 aromatic rings. The van der Waals surface area contributed by atoms with Crippen molar-refractivity contribution in [1.82, 2.24) is 0 Å². The number of azide groups is 1. The van der Waals surface area contributed by atoms with Crippen LogP contribution >= 0.6 is 0 Å². The van der Waals surface area contributed by atoms with E-state index >= 15 is 0 Å². The molecule has 0 radical (unpaired) electrons. The Morgan fingerprint density at radius 1 is 1.12 bits per heavy atom. The van der Waals surface area contributed by atoms with Gasteiger partial charge < -0.3 is 10.1 Å². The zero-order valence-electron chi connectivity index (χ0n) is 17.7. The molecule has 1 N–H and O–H groups in total. The predicted molar refractivity (Wildman–Crippen MR) is 115 cm³/mol. The molecule has 1 aliphatic heterocycles. The van der Waals surface area contributed by atoms with Crippen molar-refractivity contribution in [2.75, 3.05) is 11.9 Å². The number of halogens is 3. The van der Waals surface area contributed by atoms with Gasteiger partial charge in [0.1, 0.15) is 0 Å². The number of ether oxygens (including phenoxy) is 1. The molecule has 5 rings (SSSR count). The molecule has 2 bridgehead atoms. The second-order valence-electron chi connectivity index (χ2n) is 9.07. The third-order valence-electron chi connectivity index (χ3n) is 6.94. The van der Waals surface area contributed by atoms with E-state index in [4.69, 9.17) is 10.3 Å². The van der Waals surface area contributed by atoms with Crippen molar-refractivity contribution < 1.29 is 31.1 Å². The zero-order valence-corrected chi connectivity index (χ0v) is 18.5. The maximum absolute atomic E-state index is 13.7. The second kappa shape index (κ2) is 8.00. The van der Waals surface area contributed by atoms with Crippen LogP contribution in [0.25, 0.3) is 10.4 Å². The molecule has 2 aromatic carbocycles. The van der Waals surface area contributed by atoms with Crippen molar-refractivity contribution in [3.63, 3.8) is 0 Å². The normalized spacial score (nSPS) is 27.3. The Bertz CT molecular complexity index is 1320. The van der Waals surface area contributed by atoms with Crippen molar-refractivity contribution in [2.24, 2.45) is 17.0 Å². The van der Waals surface area contributed by atoms with Crippen molar-refractivity contribution in [2.45, 2.75) is 41.4 Å². The average Bonchev–Trinajstić information content (AvgIpc) is 3.46. The van der Waals surface area contributed by atoms with Gasteiger partial charge in [-0.25, -0.2) is 21.6 Å². The Morgan fingerprint density at radius 3 is 2.29 bits per heavy atom. The lowest BCUT2D eigenvalue weighted by molar-refractivity contribution is 0.102. The Labute approximate surface area is 192 Å². The number of sulfone groups is 1. The van der Waals surface area contributed by atoms with E-state index < -0.39 is 38.4 Å². The molecule has 2 saturated carbocycles. The molecule has 1 amide bonds. The van der Waals surface area contributed by atoms with Crippen LogP contribution in [0.5, 0.6) is 0 Å². The van der Waals surface area contributed by atoms with Gasteiger partial charge in [-0.05, 0) is 55.2 Å². The summed E-state index contributed by atoms with van der Waals surface area (Å²) in [5.74, 6) is -5.72. The first-order valence-electron chi connectivity index (χ1n) is 10.7. The second-order valence-corrected chi connectivity index (χ2v) is 11.1. The molecule has 3 fully saturated rings. The highest BCUT2D eigenvalue weighted by molar-refractivity contribution is 7.92. The summed E-state index contributed by atoms with van der Waals surface area (Å²) in [5.41, 5.74) is 8.10. The van der Waals surface area contributed by atoms with Crippen molar-refractivity contribution >= 4 is 27.1 Å². The van der Waals surface area contributed by atoms with Crippen molar-refractivity contribution in [3.05, 3.63) is 63.8 Å². The summed E-state index contributed by atoms with van der Waals surface area (Å²) in [6.07, 6.45) is 2.79. The van der Waals surface area contributed by atoms with E-state index in [2.05, 4.69) is 15.3 Å². The van der Waals surface area contributed by atoms with E-state index in [0.29, 0.717) is 31.6 Å². The summed E-state index contributed by atoms with van der Waals surface area (Å²) < 4.78 is 73.2. The Morgan fingerprint density at radius 2 is 1.74 bits per heavy atom. The lowest BCUT2D eigenvalue weighted by Gasteiger charge is -2.33. The van der Waals surface area contributed by atoms with Gasteiger partial charge in [-0.2, -0.15) is 0 Å². The topological polar surface area (TPSA) is 125 Å². The molecule has 12 heteroatoms. The fourth-order valence-electron chi connectivity index (χ4n) is 5.45. The van der Waals surface area contributed by atoms with Gasteiger partial charge >= 0.3 is 0 Å². The number of nitrogens with one attached hydrogen (secondary N) is 1. The van der Waals surface area contributed by atoms with E-state index in [1.165, 1.54) is 12.1 Å². The van der Waals surface area contributed by atoms with Gasteiger partial charge in [0.05, 0.1) is 28.0 Å². The summed E-state index contributed by atoms with van der Waals surface area (Å²) in [6.45, 7) is 0.636. The van der Waals surface area contributed by atoms with Gasteiger partial charge in [-0.15, -0.1) is 0 Å². The average molecular weight is 492 g/mol. The summed E-state index contributed by atoms with van der Waals surface area (Å²) in [7, 11) is -3.99. The fraction of sp³-hybridized carbons (Fsp3) is 0.409. The summed E-state index contributed by atoms with van der Waals surface area (Å²) >= 11 is 0. The van der Waals surface area contributed by atoms with Gasteiger partial charge in [0.15, 0.2) is 27.3 Å². The molecule has 3 aliphatic rings. The van der Waals surface area contributed by atoms with Gasteiger partial charge in [-0.1, -0.05) is 11.2 Å². The van der Waals surface area contributed by atoms with Crippen LogP contribution in [0.2, 0.25) is 0 Å². The number of epoxide rings is 1. The Balaban J connectivity index is 1.49. The van der Waals surface area contributed by atoms with Crippen molar-refractivity contribution in [1.29, 1.82) is 0 Å². The van der Waals surface area contributed by atoms with E-state index in [0.717, 1.165) is 18.9 Å². The molecular weight excluding hydrogens is 473 g/mol. The summed E-state index contributed by atoms with van der Waals surface area (Å²) in [5, 5.41) is 5.04. The molecule has 1 heterocycles. The van der Waals surface area contributed by atoms with Crippen LogP contribution in [0.1, 0.15) is 36.0 Å². The maximum atomic E-state index is 13.7. The highest BCUT2D eigenvalue weighted by Gasteiger charge is 2.60. The lowest BCUT2D eigenvalue weighted by atomic mass is 9.81. The molecule has 34 heavy (non-hydrogen) atoms. The zero-order chi connectivity index (χ0) is 24.3. The van der Waals surface area contributed by atoms with E-state index in [1.54, 1.807) is 0 Å². The quantitative estimate of drug-likeness (QED) is 0.207. The SMILES string of the molecule is [N-]=[N+]=Nc1ccc(C(=O)Nc2cc(F)c(F)c(F)c2)cc1S(=O)(=O)[C@H]1C2CC[C@H]1C[C@]1(CO1)C2. The first-order valence-corrected chi connectivity index (χ1v) is 12.2. The van der Waals surface area contributed by atoms with Crippen LogP contribution in [0.3, 0.4) is 0 Å². The minimum absolute atomic E-state index is 0.104. The molecule has 1 spiro atoms. The highest BCUT2D eigenvalue weighted by atomic mass is 32.2. The van der Waals surface area contributed by atoms with Crippen LogP contribution in [-0.2, 0) is 14.6 Å². The summed E-state index contributed by atoms with van der Waals surface area (Å²) in [6, 6.07) is 4.76. The minimum atomic E-state index is -3.99. The Kier molecular flexibility index (Phi) is 5.34. The number of fused-ring (bicyclic) bond motifs is 2. The van der Waals surface area contributed by atoms with E-state index in [9.17, 15) is 26.4 Å². The van der Waals surface area contributed by atoms with Gasteiger partial charge in [-0.3, -0.25) is 4.79 Å². The van der Waals surface area contributed by atoms with E-state index in [1.807, 2.05) is 0 Å². The number of anilines is 1. The number of carbonyl (C=O) groups excluding carboxylic acids is 1. The van der Waals surface area contributed by atoms with Gasteiger partial charge in [0.25, 0.3) is 5.91 Å². The number of hydrogen-bond donors (Lipinski definition) is 1. The monoisotopic (exact) mass is 492 g/mol. The standard InChI is InChI=1S/C22H19F3N4O4S/c23-15-6-14(7-16(24)19(15)25)27-21(30)11-3-4-17(28-29-26)18(5-11)34(31,32)20-12-1-2-13(20)9-22(8-12)10-33-22/h3-7,12-13,20H,1-2,8-10H2,(H,27,30)/t12-,13?,20+,22+/m0/s1. The van der Waals surface area contributed by atoms with Gasteiger partial charge in [0.2, 0.25) is 0 Å². The first kappa shape index (κ1) is 22.7. The van der Waals surface area contributed by atoms with Crippen LogP contribution in [0.4, 0.5) is 24.5 Å². The third-order valence-corrected chi connectivity index (χ3v) is 9.37. The number of rotatable bonds is 5. The van der Waals surface area contributed by atoms with Crippen LogP contribution in [0, 0.1) is 29.3 Å². The van der Waals surface area contributed by atoms with E-state index in [-0.39, 0.29) is 39.3 Å². The Hall–Kier alpha value is -3.08. The molecule has 2 aliphatic carbocycles. The summed E-state index contributed by atoms with van der Waals surface area (Å²) in [4.78, 5) is 15.1. The molecule has 4 atom stereocenters. The molecule has 0 aromatic heterocycles. The molecule has 1 unspecified atom stereocenters. The minimum Gasteiger partial charge on any atom is -0.370 e.